The number of hydrazone groups is 1. The third-order valence-corrected chi connectivity index (χ3v) is 5.00. The van der Waals surface area contributed by atoms with Crippen LogP contribution in [-0.2, 0) is 6.18 Å². The highest BCUT2D eigenvalue weighted by Crippen LogP contribution is 2.36. The Bertz CT molecular complexity index is 1040. The molecule has 1 unspecified atom stereocenters. The Morgan fingerprint density at radius 1 is 1.36 bits per heavy atom. The van der Waals surface area contributed by atoms with Crippen LogP contribution in [0.1, 0.15) is 27.9 Å². The van der Waals surface area contributed by atoms with Crippen LogP contribution < -0.4 is 10.2 Å². The number of carbonyl (C=O) groups is 1. The number of aryl methyl sites for hydroxylation is 1. The number of ether oxygens (including phenoxy) is 1. The van der Waals surface area contributed by atoms with Gasteiger partial charge in [0.15, 0.2) is 0 Å². The third-order valence-electron chi connectivity index (χ3n) is 5.00. The molecule has 33 heavy (non-hydrogen) atoms. The molecule has 1 amide bonds. The molecule has 1 aliphatic heterocycles. The zero-order valence-electron chi connectivity index (χ0n) is 17.4. The van der Waals surface area contributed by atoms with E-state index < -0.39 is 42.6 Å². The van der Waals surface area contributed by atoms with Gasteiger partial charge in [0.1, 0.15) is 12.6 Å². The fraction of sp³-hybridized carbons (Fsp3) is 0.333. The molecule has 2 heterocycles. The van der Waals surface area contributed by atoms with Crippen molar-refractivity contribution < 1.29 is 31.5 Å². The second kappa shape index (κ2) is 9.51. The van der Waals surface area contributed by atoms with Crippen LogP contribution in [-0.4, -0.2) is 53.3 Å². The van der Waals surface area contributed by atoms with E-state index in [1.807, 2.05) is 0 Å². The molecule has 7 nitrogen and oxygen atoms in total. The van der Waals surface area contributed by atoms with Crippen molar-refractivity contribution in [2.75, 3.05) is 18.6 Å². The molecular formula is C21H20F5N5O2. The second-order valence-corrected chi connectivity index (χ2v) is 7.32. The molecule has 12 heteroatoms. The molecule has 1 saturated heterocycles. The summed E-state index contributed by atoms with van der Waals surface area (Å²) < 4.78 is 72.4. The van der Waals surface area contributed by atoms with Crippen molar-refractivity contribution in [1.29, 1.82) is 5.41 Å². The molecular weight excluding hydrogens is 449 g/mol. The first-order valence-electron chi connectivity index (χ1n) is 9.76. The summed E-state index contributed by atoms with van der Waals surface area (Å²) in [5.74, 6) is -4.22. The van der Waals surface area contributed by atoms with Crippen LogP contribution in [0.3, 0.4) is 0 Å². The largest absolute Gasteiger partial charge is 0.475 e. The third kappa shape index (κ3) is 5.62. The highest BCUT2D eigenvalue weighted by atomic mass is 19.4. The first-order valence-corrected chi connectivity index (χ1v) is 9.76. The van der Waals surface area contributed by atoms with Gasteiger partial charge in [0.2, 0.25) is 5.88 Å². The minimum absolute atomic E-state index is 0.104. The number of nitrogens with zero attached hydrogens (tertiary/aromatic N) is 3. The van der Waals surface area contributed by atoms with Crippen molar-refractivity contribution in [3.63, 3.8) is 0 Å². The maximum Gasteiger partial charge on any atom is 0.417 e. The van der Waals surface area contributed by atoms with Gasteiger partial charge in [0.25, 0.3) is 11.8 Å². The number of carbonyl (C=O) groups excluding carboxylic acids is 1. The molecule has 2 N–H and O–H groups in total. The molecule has 0 saturated carbocycles. The summed E-state index contributed by atoms with van der Waals surface area (Å²) in [5.41, 5.74) is 2.70. The first kappa shape index (κ1) is 24.1. The topological polar surface area (TPSA) is 90.7 Å². The number of anilines is 1. The number of halogens is 5. The number of hydrogen-bond donors (Lipinski definition) is 2. The summed E-state index contributed by atoms with van der Waals surface area (Å²) in [6.07, 6.45) is -2.56. The van der Waals surface area contributed by atoms with Crippen molar-refractivity contribution in [2.24, 2.45) is 5.10 Å². The lowest BCUT2D eigenvalue weighted by molar-refractivity contribution is -0.137. The van der Waals surface area contributed by atoms with E-state index in [2.05, 4.69) is 15.5 Å². The molecule has 0 spiro atoms. The SMILES string of the molecule is Cc1ccc(NN=CC=N)c(C(=O)N2CCC(F)(F)C2COc2ccc(C(F)(F)F)cn2)c1. The predicted octanol–water partition coefficient (Wildman–Crippen LogP) is 4.38. The van der Waals surface area contributed by atoms with E-state index in [9.17, 15) is 26.7 Å². The molecule has 1 aromatic carbocycles. The zero-order chi connectivity index (χ0) is 24.2. The molecule has 1 aliphatic rings. The van der Waals surface area contributed by atoms with E-state index in [0.717, 1.165) is 29.5 Å². The maximum absolute atomic E-state index is 14.6. The molecule has 1 aromatic heterocycles. The van der Waals surface area contributed by atoms with E-state index in [0.29, 0.717) is 11.8 Å². The van der Waals surface area contributed by atoms with Crippen LogP contribution in [0.25, 0.3) is 0 Å². The van der Waals surface area contributed by atoms with E-state index in [1.54, 1.807) is 19.1 Å². The number of amides is 1. The molecule has 1 fully saturated rings. The molecule has 2 aromatic rings. The van der Waals surface area contributed by atoms with Crippen molar-refractivity contribution >= 4 is 24.0 Å². The Morgan fingerprint density at radius 2 is 2.12 bits per heavy atom. The highest BCUT2D eigenvalue weighted by molar-refractivity contribution is 6.14. The van der Waals surface area contributed by atoms with E-state index in [-0.39, 0.29) is 23.7 Å². The number of rotatable bonds is 7. The van der Waals surface area contributed by atoms with Gasteiger partial charge in [-0.1, -0.05) is 11.6 Å². The zero-order valence-corrected chi connectivity index (χ0v) is 17.4. The average molecular weight is 469 g/mol. The number of alkyl halides is 5. The van der Waals surface area contributed by atoms with E-state index in [1.165, 1.54) is 6.07 Å². The Hall–Kier alpha value is -3.57. The smallest absolute Gasteiger partial charge is 0.417 e. The molecule has 3 rings (SSSR count). The van der Waals surface area contributed by atoms with Crippen LogP contribution in [0, 0.1) is 12.3 Å². The quantitative estimate of drug-likeness (QED) is 0.358. The molecule has 1 atom stereocenters. The van der Waals surface area contributed by atoms with Gasteiger partial charge in [-0.3, -0.25) is 10.2 Å². The standard InChI is InChI=1S/C21H20F5N5O2/c1-13-2-4-16(30-29-8-7-27)15(10-13)19(32)31-9-6-20(22,23)17(31)12-33-18-5-3-14(11-28-18)21(24,25)26/h2-5,7-8,10-11,17,27,30H,6,9,12H2,1H3. The Labute approximate surface area is 185 Å². The summed E-state index contributed by atoms with van der Waals surface area (Å²) >= 11 is 0. The fourth-order valence-corrected chi connectivity index (χ4v) is 3.30. The summed E-state index contributed by atoms with van der Waals surface area (Å²) in [4.78, 5) is 17.7. The van der Waals surface area contributed by atoms with Gasteiger partial charge in [-0.25, -0.2) is 13.8 Å². The van der Waals surface area contributed by atoms with Crippen LogP contribution in [0.5, 0.6) is 5.88 Å². The van der Waals surface area contributed by atoms with Gasteiger partial charge >= 0.3 is 6.18 Å². The number of nitrogens with one attached hydrogen (secondary N) is 2. The minimum atomic E-state index is -4.59. The molecule has 0 bridgehead atoms. The van der Waals surface area contributed by atoms with Crippen LogP contribution in [0.15, 0.2) is 41.6 Å². The number of aromatic nitrogens is 1. The lowest BCUT2D eigenvalue weighted by Gasteiger charge is -2.28. The number of hydrogen-bond acceptors (Lipinski definition) is 6. The number of benzene rings is 1. The summed E-state index contributed by atoms with van der Waals surface area (Å²) in [6, 6.07) is 4.82. The fourth-order valence-electron chi connectivity index (χ4n) is 3.30. The molecule has 0 aliphatic carbocycles. The highest BCUT2D eigenvalue weighted by Gasteiger charge is 2.51. The lowest BCUT2D eigenvalue weighted by Crippen LogP contribution is -2.46. The van der Waals surface area contributed by atoms with Crippen LogP contribution in [0.2, 0.25) is 0 Å². The van der Waals surface area contributed by atoms with Gasteiger partial charge < -0.3 is 15.0 Å². The first-order chi connectivity index (χ1) is 15.5. The minimum Gasteiger partial charge on any atom is -0.475 e. The Morgan fingerprint density at radius 3 is 2.76 bits per heavy atom. The Balaban J connectivity index is 1.80. The second-order valence-electron chi connectivity index (χ2n) is 7.32. The van der Waals surface area contributed by atoms with Gasteiger partial charge in [-0.2, -0.15) is 18.3 Å². The van der Waals surface area contributed by atoms with Crippen molar-refractivity contribution in [1.82, 2.24) is 9.88 Å². The van der Waals surface area contributed by atoms with Gasteiger partial charge in [-0.15, -0.1) is 0 Å². The average Bonchev–Trinajstić information content (AvgIpc) is 3.06. The lowest BCUT2D eigenvalue weighted by atomic mass is 10.1. The van der Waals surface area contributed by atoms with Crippen LogP contribution in [0.4, 0.5) is 27.6 Å². The van der Waals surface area contributed by atoms with Crippen LogP contribution >= 0.6 is 0 Å². The predicted molar refractivity (Wildman–Crippen MR) is 111 cm³/mol. The van der Waals surface area contributed by atoms with Gasteiger partial charge in [-0.05, 0) is 25.1 Å². The monoisotopic (exact) mass is 469 g/mol. The molecule has 176 valence electrons. The van der Waals surface area contributed by atoms with Crippen molar-refractivity contribution in [2.45, 2.75) is 31.5 Å². The molecule has 0 radical (unpaired) electrons. The summed E-state index contributed by atoms with van der Waals surface area (Å²) in [7, 11) is 0. The van der Waals surface area contributed by atoms with Crippen molar-refractivity contribution in [3.8, 4) is 5.88 Å². The summed E-state index contributed by atoms with van der Waals surface area (Å²) in [6.45, 7) is 0.839. The Kier molecular flexibility index (Phi) is 6.94. The van der Waals surface area contributed by atoms with Crippen molar-refractivity contribution in [3.05, 3.63) is 53.2 Å². The number of pyridine rings is 1. The normalized spacial score (nSPS) is 17.9. The van der Waals surface area contributed by atoms with E-state index in [4.69, 9.17) is 10.1 Å². The maximum atomic E-state index is 14.6. The van der Waals surface area contributed by atoms with Gasteiger partial charge in [0, 0.05) is 31.4 Å². The van der Waals surface area contributed by atoms with Gasteiger partial charge in [0.05, 0.1) is 23.0 Å². The van der Waals surface area contributed by atoms with E-state index >= 15 is 0 Å². The number of likely N-dealkylation sites (tertiary alicyclic amines) is 1. The summed E-state index contributed by atoms with van der Waals surface area (Å²) in [5, 5.41) is 10.7.